The van der Waals surface area contributed by atoms with Gasteiger partial charge >= 0.3 is 0 Å². The minimum absolute atomic E-state index is 0.628. The number of aromatic amines is 1. The Morgan fingerprint density at radius 1 is 1.17 bits per heavy atom. The highest BCUT2D eigenvalue weighted by Crippen LogP contribution is 2.33. The lowest BCUT2D eigenvalue weighted by atomic mass is 10.1. The molecule has 2 aromatic heterocycles. The van der Waals surface area contributed by atoms with Crippen molar-refractivity contribution in [2.45, 2.75) is 6.54 Å². The van der Waals surface area contributed by atoms with Gasteiger partial charge in [-0.25, -0.2) is 9.67 Å². The number of ether oxygens (including phenoxy) is 1. The van der Waals surface area contributed by atoms with Crippen LogP contribution in [-0.2, 0) is 6.54 Å². The molecule has 0 spiro atoms. The first-order chi connectivity index (χ1) is 11.7. The van der Waals surface area contributed by atoms with Crippen molar-refractivity contribution in [2.75, 3.05) is 7.11 Å². The Labute approximate surface area is 143 Å². The lowest BCUT2D eigenvalue weighted by molar-refractivity contribution is 0.415. The van der Waals surface area contributed by atoms with Gasteiger partial charge in [-0.3, -0.25) is 0 Å². The number of hydrogen-bond donors (Lipinski definition) is 1. The summed E-state index contributed by atoms with van der Waals surface area (Å²) in [6.07, 6.45) is 3.26. The van der Waals surface area contributed by atoms with Gasteiger partial charge in [0.25, 0.3) is 0 Å². The maximum atomic E-state index is 6.14. The van der Waals surface area contributed by atoms with Crippen LogP contribution in [0.3, 0.4) is 0 Å². The van der Waals surface area contributed by atoms with Crippen molar-refractivity contribution in [1.82, 2.24) is 19.7 Å². The van der Waals surface area contributed by atoms with Crippen LogP contribution in [0.2, 0.25) is 5.02 Å². The Morgan fingerprint density at radius 3 is 2.71 bits per heavy atom. The Morgan fingerprint density at radius 2 is 2.00 bits per heavy atom. The van der Waals surface area contributed by atoms with Crippen molar-refractivity contribution in [1.29, 1.82) is 0 Å². The number of benzene rings is 2. The number of aromatic nitrogens is 4. The lowest BCUT2D eigenvalue weighted by Gasteiger charge is -2.06. The van der Waals surface area contributed by atoms with Crippen LogP contribution in [0.15, 0.2) is 55.1 Å². The Balaban J connectivity index is 1.88. The van der Waals surface area contributed by atoms with E-state index in [1.165, 1.54) is 0 Å². The average molecular weight is 339 g/mol. The van der Waals surface area contributed by atoms with E-state index in [2.05, 4.69) is 15.1 Å². The third kappa shape index (κ3) is 2.63. The fourth-order valence-electron chi connectivity index (χ4n) is 2.87. The summed E-state index contributed by atoms with van der Waals surface area (Å²) in [5.41, 5.74) is 4.28. The molecule has 0 radical (unpaired) electrons. The Bertz CT molecular complexity index is 974. The van der Waals surface area contributed by atoms with E-state index in [1.54, 1.807) is 19.8 Å². The average Bonchev–Trinajstić information content (AvgIpc) is 3.23. The van der Waals surface area contributed by atoms with Crippen LogP contribution in [-0.4, -0.2) is 26.9 Å². The summed E-state index contributed by atoms with van der Waals surface area (Å²) in [6.45, 7) is 0.628. The second kappa shape index (κ2) is 6.02. The number of H-pyrrole nitrogens is 1. The molecule has 6 heteroatoms. The van der Waals surface area contributed by atoms with E-state index in [0.29, 0.717) is 11.6 Å². The largest absolute Gasteiger partial charge is 0.497 e. The molecule has 5 nitrogen and oxygen atoms in total. The molecular weight excluding hydrogens is 324 g/mol. The fraction of sp³-hybridized carbons (Fsp3) is 0.111. The standard InChI is InChI=1S/C18H15ClN4O/c1-24-14-5-2-12(3-6-14)18-16(9-23-11-20-10-21-23)15-7-4-13(19)8-17(15)22-18/h2-8,10-11,22H,9H2,1H3. The molecule has 0 unspecified atom stereocenters. The summed E-state index contributed by atoms with van der Waals surface area (Å²) in [5, 5.41) is 6.05. The molecule has 0 atom stereocenters. The van der Waals surface area contributed by atoms with Gasteiger partial charge in [-0.1, -0.05) is 17.7 Å². The molecule has 0 saturated heterocycles. The van der Waals surface area contributed by atoms with Gasteiger partial charge in [0.15, 0.2) is 0 Å². The molecule has 0 amide bonds. The van der Waals surface area contributed by atoms with Gasteiger partial charge in [0.1, 0.15) is 18.4 Å². The highest BCUT2D eigenvalue weighted by Gasteiger charge is 2.14. The predicted molar refractivity (Wildman–Crippen MR) is 94.4 cm³/mol. The molecular formula is C18H15ClN4O. The second-order valence-electron chi connectivity index (χ2n) is 5.49. The van der Waals surface area contributed by atoms with E-state index in [4.69, 9.17) is 16.3 Å². The van der Waals surface area contributed by atoms with Crippen molar-refractivity contribution < 1.29 is 4.74 Å². The summed E-state index contributed by atoms with van der Waals surface area (Å²) in [6, 6.07) is 13.9. The van der Waals surface area contributed by atoms with Crippen molar-refractivity contribution in [2.24, 2.45) is 0 Å². The molecule has 2 aromatic carbocycles. The van der Waals surface area contributed by atoms with Crippen LogP contribution < -0.4 is 4.74 Å². The zero-order valence-electron chi connectivity index (χ0n) is 13.0. The van der Waals surface area contributed by atoms with Gasteiger partial charge in [-0.15, -0.1) is 0 Å². The van der Waals surface area contributed by atoms with E-state index < -0.39 is 0 Å². The summed E-state index contributed by atoms with van der Waals surface area (Å²) in [4.78, 5) is 7.51. The highest BCUT2D eigenvalue weighted by molar-refractivity contribution is 6.31. The molecule has 0 aliphatic heterocycles. The zero-order chi connectivity index (χ0) is 16.5. The van der Waals surface area contributed by atoms with Crippen LogP contribution in [0.5, 0.6) is 5.75 Å². The smallest absolute Gasteiger partial charge is 0.137 e. The fourth-order valence-corrected chi connectivity index (χ4v) is 3.04. The number of methoxy groups -OCH3 is 1. The van der Waals surface area contributed by atoms with Crippen LogP contribution in [0.25, 0.3) is 22.2 Å². The molecule has 0 fully saturated rings. The minimum atomic E-state index is 0.628. The number of rotatable bonds is 4. The summed E-state index contributed by atoms with van der Waals surface area (Å²) >= 11 is 6.14. The highest BCUT2D eigenvalue weighted by atomic mass is 35.5. The summed E-state index contributed by atoms with van der Waals surface area (Å²) < 4.78 is 7.05. The van der Waals surface area contributed by atoms with Crippen molar-refractivity contribution in [3.8, 4) is 17.0 Å². The van der Waals surface area contributed by atoms with Gasteiger partial charge < -0.3 is 9.72 Å². The molecule has 2 heterocycles. The molecule has 120 valence electrons. The number of nitrogens with one attached hydrogen (secondary N) is 1. The molecule has 4 aromatic rings. The molecule has 4 rings (SSSR count). The molecule has 24 heavy (non-hydrogen) atoms. The molecule has 0 bridgehead atoms. The SMILES string of the molecule is COc1ccc(-c2[nH]c3cc(Cl)ccc3c2Cn2cncn2)cc1. The number of hydrogen-bond acceptors (Lipinski definition) is 3. The third-order valence-corrected chi connectivity index (χ3v) is 4.27. The summed E-state index contributed by atoms with van der Waals surface area (Å²) in [5.74, 6) is 0.829. The van der Waals surface area contributed by atoms with Crippen LogP contribution >= 0.6 is 11.6 Å². The van der Waals surface area contributed by atoms with E-state index >= 15 is 0 Å². The molecule has 1 N–H and O–H groups in total. The van der Waals surface area contributed by atoms with Gasteiger partial charge in [-0.05, 0) is 42.0 Å². The van der Waals surface area contributed by atoms with Crippen LogP contribution in [0.4, 0.5) is 0 Å². The third-order valence-electron chi connectivity index (χ3n) is 4.03. The second-order valence-corrected chi connectivity index (χ2v) is 5.93. The monoisotopic (exact) mass is 338 g/mol. The Hall–Kier alpha value is -2.79. The quantitative estimate of drug-likeness (QED) is 0.608. The number of halogens is 1. The Kier molecular flexibility index (Phi) is 3.70. The first-order valence-corrected chi connectivity index (χ1v) is 7.89. The zero-order valence-corrected chi connectivity index (χ0v) is 13.8. The van der Waals surface area contributed by atoms with Crippen molar-refractivity contribution >= 4 is 22.5 Å². The van der Waals surface area contributed by atoms with Crippen LogP contribution in [0, 0.1) is 0 Å². The molecule has 0 aliphatic rings. The van der Waals surface area contributed by atoms with Gasteiger partial charge in [0, 0.05) is 21.5 Å². The number of fused-ring (bicyclic) bond motifs is 1. The van der Waals surface area contributed by atoms with E-state index in [1.807, 2.05) is 47.1 Å². The van der Waals surface area contributed by atoms with Gasteiger partial charge in [-0.2, -0.15) is 5.10 Å². The van der Waals surface area contributed by atoms with Crippen molar-refractivity contribution in [3.05, 3.63) is 65.7 Å². The van der Waals surface area contributed by atoms with Crippen LogP contribution in [0.1, 0.15) is 5.56 Å². The normalized spacial score (nSPS) is 11.1. The minimum Gasteiger partial charge on any atom is -0.497 e. The lowest BCUT2D eigenvalue weighted by Crippen LogP contribution is -2.01. The predicted octanol–water partition coefficient (Wildman–Crippen LogP) is 4.14. The maximum absolute atomic E-state index is 6.14. The van der Waals surface area contributed by atoms with Crippen molar-refractivity contribution in [3.63, 3.8) is 0 Å². The summed E-state index contributed by atoms with van der Waals surface area (Å²) in [7, 11) is 1.66. The van der Waals surface area contributed by atoms with Gasteiger partial charge in [0.2, 0.25) is 0 Å². The first-order valence-electron chi connectivity index (χ1n) is 7.51. The number of nitrogens with zero attached hydrogens (tertiary/aromatic N) is 3. The first kappa shape index (κ1) is 14.8. The van der Waals surface area contributed by atoms with E-state index in [-0.39, 0.29) is 0 Å². The van der Waals surface area contributed by atoms with Gasteiger partial charge in [0.05, 0.1) is 19.3 Å². The van der Waals surface area contributed by atoms with E-state index in [0.717, 1.165) is 33.5 Å². The van der Waals surface area contributed by atoms with E-state index in [9.17, 15) is 0 Å². The maximum Gasteiger partial charge on any atom is 0.137 e. The topological polar surface area (TPSA) is 55.7 Å². The molecule has 0 aliphatic carbocycles. The molecule has 0 saturated carbocycles.